The van der Waals surface area contributed by atoms with E-state index in [1.165, 1.54) is 30.3 Å². The van der Waals surface area contributed by atoms with Crippen LogP contribution >= 0.6 is 0 Å². The van der Waals surface area contributed by atoms with Crippen molar-refractivity contribution in [1.82, 2.24) is 9.80 Å². The standard InChI is InChI=1S/C29H37N3O4S/c1-28(2,3)24-17-20(18-25(26(24)33)29(4,5)6)16-23(19-30)37(35,36)22-10-8-21(9-11-22)27(34)32-14-12-31(7)13-15-32/h8-11,16-18,33H,12-15H2,1-7H3/b23-16+. The van der Waals surface area contributed by atoms with Crippen LogP contribution in [-0.4, -0.2) is 62.5 Å². The van der Waals surface area contributed by atoms with E-state index in [2.05, 4.69) is 4.90 Å². The number of phenols is 1. The predicted molar refractivity (Wildman–Crippen MR) is 146 cm³/mol. The van der Waals surface area contributed by atoms with E-state index in [9.17, 15) is 23.6 Å². The van der Waals surface area contributed by atoms with Gasteiger partial charge in [-0.05, 0) is 65.9 Å². The molecule has 0 aliphatic carbocycles. The largest absolute Gasteiger partial charge is 0.507 e. The molecule has 2 aromatic rings. The molecule has 0 radical (unpaired) electrons. The van der Waals surface area contributed by atoms with Crippen LogP contribution in [0.3, 0.4) is 0 Å². The molecule has 2 aromatic carbocycles. The third-order valence-electron chi connectivity index (χ3n) is 6.65. The Balaban J connectivity index is 1.99. The van der Waals surface area contributed by atoms with Crippen molar-refractivity contribution >= 4 is 21.8 Å². The predicted octanol–water partition coefficient (Wildman–Crippen LogP) is 4.71. The number of phenolic OH excluding ortho intramolecular Hbond substituents is 1. The van der Waals surface area contributed by atoms with Gasteiger partial charge in [-0.15, -0.1) is 0 Å². The third-order valence-corrected chi connectivity index (χ3v) is 8.33. The van der Waals surface area contributed by atoms with Crippen molar-refractivity contribution < 1.29 is 18.3 Å². The van der Waals surface area contributed by atoms with Crippen LogP contribution < -0.4 is 0 Å². The van der Waals surface area contributed by atoms with Crippen LogP contribution in [0.4, 0.5) is 0 Å². The topological polar surface area (TPSA) is 102 Å². The van der Waals surface area contributed by atoms with E-state index in [-0.39, 0.29) is 16.6 Å². The van der Waals surface area contributed by atoms with Gasteiger partial charge in [0.25, 0.3) is 5.91 Å². The second kappa shape index (κ2) is 10.3. The summed E-state index contributed by atoms with van der Waals surface area (Å²) in [5.41, 5.74) is 1.49. The Kier molecular flexibility index (Phi) is 7.92. The molecule has 1 heterocycles. The van der Waals surface area contributed by atoms with Gasteiger partial charge in [-0.25, -0.2) is 8.42 Å². The Morgan fingerprint density at radius 3 is 1.86 bits per heavy atom. The van der Waals surface area contributed by atoms with E-state index in [0.717, 1.165) is 13.1 Å². The molecule has 0 saturated carbocycles. The monoisotopic (exact) mass is 523 g/mol. The van der Waals surface area contributed by atoms with E-state index in [0.29, 0.717) is 35.3 Å². The van der Waals surface area contributed by atoms with Crippen LogP contribution in [0, 0.1) is 11.3 Å². The maximum Gasteiger partial charge on any atom is 0.253 e. The minimum Gasteiger partial charge on any atom is -0.507 e. The van der Waals surface area contributed by atoms with Gasteiger partial charge in [0, 0.05) is 42.9 Å². The fraction of sp³-hybridized carbons (Fsp3) is 0.448. The van der Waals surface area contributed by atoms with E-state index in [4.69, 9.17) is 0 Å². The second-order valence-corrected chi connectivity index (χ2v) is 13.6. The number of carbonyl (C=O) groups excluding carboxylic acids is 1. The molecule has 8 heteroatoms. The van der Waals surface area contributed by atoms with Gasteiger partial charge in [-0.2, -0.15) is 5.26 Å². The molecule has 198 valence electrons. The Hall–Kier alpha value is -3.15. The highest BCUT2D eigenvalue weighted by molar-refractivity contribution is 7.95. The average molecular weight is 524 g/mol. The summed E-state index contributed by atoms with van der Waals surface area (Å²) in [6, 6.07) is 11.1. The fourth-order valence-corrected chi connectivity index (χ4v) is 5.46. The number of hydrogen-bond acceptors (Lipinski definition) is 6. The molecular weight excluding hydrogens is 486 g/mol. The van der Waals surface area contributed by atoms with Gasteiger partial charge < -0.3 is 14.9 Å². The van der Waals surface area contributed by atoms with Crippen LogP contribution in [0.25, 0.3) is 6.08 Å². The first-order valence-corrected chi connectivity index (χ1v) is 13.9. The molecule has 1 amide bonds. The van der Waals surface area contributed by atoms with Crippen molar-refractivity contribution in [3.05, 3.63) is 63.6 Å². The lowest BCUT2D eigenvalue weighted by atomic mass is 9.78. The molecule has 37 heavy (non-hydrogen) atoms. The van der Waals surface area contributed by atoms with Gasteiger partial charge in [0.2, 0.25) is 9.84 Å². The average Bonchev–Trinajstić information content (AvgIpc) is 2.81. The summed E-state index contributed by atoms with van der Waals surface area (Å²) in [5.74, 6) is 0.0423. The molecule has 0 unspecified atom stereocenters. The molecule has 3 rings (SSSR count). The van der Waals surface area contributed by atoms with Gasteiger partial charge >= 0.3 is 0 Å². The molecule has 7 nitrogen and oxygen atoms in total. The zero-order chi connectivity index (χ0) is 27.8. The van der Waals surface area contributed by atoms with Crippen molar-refractivity contribution in [3.8, 4) is 11.8 Å². The van der Waals surface area contributed by atoms with E-state index >= 15 is 0 Å². The van der Waals surface area contributed by atoms with Gasteiger partial charge in [0.15, 0.2) is 0 Å². The zero-order valence-electron chi connectivity index (χ0n) is 22.8. The van der Waals surface area contributed by atoms with Crippen LogP contribution in [-0.2, 0) is 20.7 Å². The van der Waals surface area contributed by atoms with Crippen LogP contribution in [0.1, 0.15) is 68.6 Å². The van der Waals surface area contributed by atoms with Gasteiger partial charge in [-0.1, -0.05) is 41.5 Å². The molecule has 1 aliphatic rings. The first-order valence-electron chi connectivity index (χ1n) is 12.4. The number of sulfone groups is 1. The number of amides is 1. The fourth-order valence-electron chi connectivity index (χ4n) is 4.30. The van der Waals surface area contributed by atoms with Gasteiger partial charge in [-0.3, -0.25) is 4.79 Å². The molecular formula is C29H37N3O4S. The first kappa shape index (κ1) is 28.4. The summed E-state index contributed by atoms with van der Waals surface area (Å²) in [5, 5.41) is 20.8. The lowest BCUT2D eigenvalue weighted by Gasteiger charge is -2.32. The summed E-state index contributed by atoms with van der Waals surface area (Å²) in [4.78, 5) is 16.3. The van der Waals surface area contributed by atoms with Gasteiger partial charge in [0.1, 0.15) is 16.7 Å². The van der Waals surface area contributed by atoms with Gasteiger partial charge in [0.05, 0.1) is 4.90 Å². The maximum atomic E-state index is 13.4. The minimum absolute atomic E-state index is 0.0545. The lowest BCUT2D eigenvalue weighted by molar-refractivity contribution is 0.0664. The number of benzene rings is 2. The number of nitriles is 1. The Morgan fingerprint density at radius 1 is 0.946 bits per heavy atom. The van der Waals surface area contributed by atoms with Crippen molar-refractivity contribution in [2.45, 2.75) is 57.3 Å². The quantitative estimate of drug-likeness (QED) is 0.582. The molecule has 1 fully saturated rings. The molecule has 1 N–H and O–H groups in total. The number of hydrogen-bond donors (Lipinski definition) is 1. The molecule has 0 aromatic heterocycles. The summed E-state index contributed by atoms with van der Waals surface area (Å²) in [6.07, 6.45) is 1.35. The van der Waals surface area contributed by atoms with Crippen molar-refractivity contribution in [1.29, 1.82) is 5.26 Å². The normalized spacial score (nSPS) is 15.9. The highest BCUT2D eigenvalue weighted by Crippen LogP contribution is 2.40. The number of piperazine rings is 1. The van der Waals surface area contributed by atoms with Crippen LogP contribution in [0.15, 0.2) is 46.2 Å². The summed E-state index contributed by atoms with van der Waals surface area (Å²) in [7, 11) is -2.12. The summed E-state index contributed by atoms with van der Waals surface area (Å²) in [6.45, 7) is 14.6. The smallest absolute Gasteiger partial charge is 0.253 e. The molecule has 0 spiro atoms. The van der Waals surface area contributed by atoms with Crippen molar-refractivity contribution in [3.63, 3.8) is 0 Å². The lowest BCUT2D eigenvalue weighted by Crippen LogP contribution is -2.47. The Labute approximate surface area is 220 Å². The van der Waals surface area contributed by atoms with E-state index in [1.807, 2.05) is 54.7 Å². The number of likely N-dealkylation sites (N-methyl/N-ethyl adjacent to an activating group) is 1. The Morgan fingerprint density at radius 2 is 1.43 bits per heavy atom. The van der Waals surface area contributed by atoms with E-state index in [1.54, 1.807) is 17.0 Å². The van der Waals surface area contributed by atoms with Crippen molar-refractivity contribution in [2.75, 3.05) is 33.2 Å². The zero-order valence-corrected chi connectivity index (χ0v) is 23.6. The summed E-state index contributed by atoms with van der Waals surface area (Å²) < 4.78 is 26.8. The minimum atomic E-state index is -4.12. The SMILES string of the molecule is CN1CCN(C(=O)c2ccc(S(=O)(=O)/C(C#N)=C/c3cc(C(C)(C)C)c(O)c(C(C)(C)C)c3)cc2)CC1. The number of aromatic hydroxyl groups is 1. The number of allylic oxidation sites excluding steroid dienone is 1. The van der Waals surface area contributed by atoms with Crippen molar-refractivity contribution in [2.24, 2.45) is 0 Å². The molecule has 0 bridgehead atoms. The maximum absolute atomic E-state index is 13.4. The highest BCUT2D eigenvalue weighted by atomic mass is 32.2. The van der Waals surface area contributed by atoms with Crippen LogP contribution in [0.2, 0.25) is 0 Å². The molecule has 1 saturated heterocycles. The number of carbonyl (C=O) groups is 1. The first-order chi connectivity index (χ1) is 17.1. The highest BCUT2D eigenvalue weighted by Gasteiger charge is 2.28. The van der Waals surface area contributed by atoms with E-state index < -0.39 is 25.6 Å². The second-order valence-electron chi connectivity index (χ2n) is 11.7. The third kappa shape index (κ3) is 6.23. The number of rotatable bonds is 4. The Bertz CT molecular complexity index is 1310. The van der Waals surface area contributed by atoms with Crippen LogP contribution in [0.5, 0.6) is 5.75 Å². The number of nitrogens with zero attached hydrogens (tertiary/aromatic N) is 3. The molecule has 1 aliphatic heterocycles. The molecule has 0 atom stereocenters. The summed E-state index contributed by atoms with van der Waals surface area (Å²) >= 11 is 0.